The van der Waals surface area contributed by atoms with E-state index < -0.39 is 0 Å². The van der Waals surface area contributed by atoms with Gasteiger partial charge in [-0.3, -0.25) is 5.41 Å². The van der Waals surface area contributed by atoms with E-state index in [1.165, 1.54) is 0 Å². The summed E-state index contributed by atoms with van der Waals surface area (Å²) in [4.78, 5) is 1.82. The highest BCUT2D eigenvalue weighted by molar-refractivity contribution is 6.02. The molecule has 0 bridgehead atoms. The van der Waals surface area contributed by atoms with Crippen LogP contribution in [0.1, 0.15) is 19.3 Å². The van der Waals surface area contributed by atoms with Gasteiger partial charge < -0.3 is 10.0 Å². The Balaban J connectivity index is 2.35. The molecule has 0 spiro atoms. The monoisotopic (exact) mass is 177 g/mol. The molecule has 1 fully saturated rings. The number of amidine groups is 1. The lowest BCUT2D eigenvalue weighted by Crippen LogP contribution is -2.39. The van der Waals surface area contributed by atoms with E-state index in [0.29, 0.717) is 0 Å². The number of fused-ring (bicyclic) bond motifs is 1. The van der Waals surface area contributed by atoms with Crippen LogP contribution in [-0.4, -0.2) is 28.4 Å². The van der Waals surface area contributed by atoms with Crippen LogP contribution in [0.4, 0.5) is 0 Å². The fraction of sp³-hybridized carbons (Fsp3) is 0.556. The third kappa shape index (κ3) is 1.00. The van der Waals surface area contributed by atoms with Crippen LogP contribution in [0.5, 0.6) is 0 Å². The molecule has 2 rings (SSSR count). The molecule has 0 unspecified atom stereocenters. The molecule has 13 heavy (non-hydrogen) atoms. The predicted molar refractivity (Wildman–Crippen MR) is 47.3 cm³/mol. The molecule has 2 aliphatic heterocycles. The number of aliphatic hydroxyl groups is 1. The summed E-state index contributed by atoms with van der Waals surface area (Å²) in [5, 5.41) is 26.0. The van der Waals surface area contributed by atoms with Crippen molar-refractivity contribution in [3.63, 3.8) is 0 Å². The first kappa shape index (κ1) is 8.11. The Morgan fingerprint density at radius 1 is 1.54 bits per heavy atom. The molecule has 1 atom stereocenters. The average Bonchev–Trinajstić information content (AvgIpc) is 2.41. The maximum atomic E-state index is 9.63. The third-order valence-corrected chi connectivity index (χ3v) is 2.71. The van der Waals surface area contributed by atoms with Crippen molar-refractivity contribution in [2.75, 3.05) is 6.54 Å². The molecule has 2 aliphatic rings. The molecule has 0 radical (unpaired) electrons. The second-order valence-corrected chi connectivity index (χ2v) is 3.43. The van der Waals surface area contributed by atoms with Crippen molar-refractivity contribution in [3.05, 3.63) is 11.3 Å². The van der Waals surface area contributed by atoms with Crippen molar-refractivity contribution in [3.8, 4) is 6.07 Å². The lowest BCUT2D eigenvalue weighted by molar-refractivity contribution is 0.223. The highest BCUT2D eigenvalue weighted by Crippen LogP contribution is 2.30. The summed E-state index contributed by atoms with van der Waals surface area (Å²) >= 11 is 0. The van der Waals surface area contributed by atoms with Crippen LogP contribution in [0.15, 0.2) is 11.3 Å². The molecule has 68 valence electrons. The van der Waals surface area contributed by atoms with Gasteiger partial charge in [0.2, 0.25) is 0 Å². The predicted octanol–water partition coefficient (Wildman–Crippen LogP) is 1.17. The average molecular weight is 177 g/mol. The zero-order valence-electron chi connectivity index (χ0n) is 7.25. The van der Waals surface area contributed by atoms with Crippen molar-refractivity contribution < 1.29 is 5.11 Å². The lowest BCUT2D eigenvalue weighted by Gasteiger charge is -2.30. The molecule has 0 aliphatic carbocycles. The standard InChI is InChI=1S/C9H11N3O/c10-5-6-8(13)7-3-1-2-4-12(7)9(6)11/h7,11,13H,1-4H2/t7-/m0/s1. The first-order valence-electron chi connectivity index (χ1n) is 4.44. The number of nitriles is 1. The van der Waals surface area contributed by atoms with Crippen molar-refractivity contribution in [1.82, 2.24) is 4.90 Å². The molecule has 4 heteroatoms. The van der Waals surface area contributed by atoms with E-state index in [1.807, 2.05) is 11.0 Å². The Bertz CT molecular complexity index is 326. The van der Waals surface area contributed by atoms with Crippen molar-refractivity contribution in [2.45, 2.75) is 25.3 Å². The zero-order valence-corrected chi connectivity index (χ0v) is 7.25. The molecular weight excluding hydrogens is 166 g/mol. The van der Waals surface area contributed by atoms with Crippen LogP contribution >= 0.6 is 0 Å². The molecule has 0 aromatic rings. The summed E-state index contributed by atoms with van der Waals surface area (Å²) in [6, 6.07) is 1.80. The molecule has 0 aromatic carbocycles. The van der Waals surface area contributed by atoms with Crippen molar-refractivity contribution in [1.29, 1.82) is 10.7 Å². The second-order valence-electron chi connectivity index (χ2n) is 3.43. The number of rotatable bonds is 0. The van der Waals surface area contributed by atoms with E-state index in [1.54, 1.807) is 0 Å². The summed E-state index contributed by atoms with van der Waals surface area (Å²) in [6.45, 7) is 0.790. The minimum atomic E-state index is -0.0871. The molecule has 2 N–H and O–H groups in total. The van der Waals surface area contributed by atoms with E-state index in [9.17, 15) is 5.11 Å². The van der Waals surface area contributed by atoms with E-state index >= 15 is 0 Å². The van der Waals surface area contributed by atoms with Crippen LogP contribution < -0.4 is 0 Å². The van der Waals surface area contributed by atoms with Crippen molar-refractivity contribution >= 4 is 5.84 Å². The highest BCUT2D eigenvalue weighted by Gasteiger charge is 2.38. The van der Waals surface area contributed by atoms with Gasteiger partial charge in [0.15, 0.2) is 0 Å². The summed E-state index contributed by atoms with van der Waals surface area (Å²) < 4.78 is 0. The topological polar surface area (TPSA) is 71.1 Å². The molecule has 4 nitrogen and oxygen atoms in total. The Kier molecular flexibility index (Phi) is 1.73. The molecule has 0 saturated carbocycles. The minimum absolute atomic E-state index is 0.0871. The van der Waals surface area contributed by atoms with Gasteiger partial charge in [-0.05, 0) is 19.3 Å². The highest BCUT2D eigenvalue weighted by atomic mass is 16.3. The Morgan fingerprint density at radius 3 is 2.92 bits per heavy atom. The Labute approximate surface area is 76.6 Å². The number of piperidine rings is 1. The number of nitrogens with one attached hydrogen (secondary N) is 1. The zero-order chi connectivity index (χ0) is 9.42. The SMILES string of the molecule is N#CC1=C(O)[C@@H]2CCCCN2C1=N. The first-order chi connectivity index (χ1) is 6.25. The normalized spacial score (nSPS) is 27.5. The van der Waals surface area contributed by atoms with Gasteiger partial charge >= 0.3 is 0 Å². The van der Waals surface area contributed by atoms with E-state index in [2.05, 4.69) is 0 Å². The van der Waals surface area contributed by atoms with Gasteiger partial charge in [-0.25, -0.2) is 0 Å². The van der Waals surface area contributed by atoms with E-state index in [4.69, 9.17) is 10.7 Å². The maximum absolute atomic E-state index is 9.63. The van der Waals surface area contributed by atoms with Gasteiger partial charge in [0.25, 0.3) is 0 Å². The van der Waals surface area contributed by atoms with Crippen LogP contribution in [0, 0.1) is 16.7 Å². The smallest absolute Gasteiger partial charge is 0.143 e. The van der Waals surface area contributed by atoms with E-state index in [0.717, 1.165) is 25.8 Å². The molecule has 2 heterocycles. The maximum Gasteiger partial charge on any atom is 0.143 e. The number of nitrogens with zero attached hydrogens (tertiary/aromatic N) is 2. The minimum Gasteiger partial charge on any atom is -0.509 e. The van der Waals surface area contributed by atoms with Crippen LogP contribution in [-0.2, 0) is 0 Å². The number of hydrogen-bond donors (Lipinski definition) is 2. The summed E-state index contributed by atoms with van der Waals surface area (Å²) in [5.41, 5.74) is 0.159. The third-order valence-electron chi connectivity index (χ3n) is 2.71. The summed E-state index contributed by atoms with van der Waals surface area (Å²) in [7, 11) is 0. The largest absolute Gasteiger partial charge is 0.509 e. The number of hydrogen-bond acceptors (Lipinski definition) is 3. The summed E-state index contributed by atoms with van der Waals surface area (Å²) in [5.74, 6) is 0.303. The fourth-order valence-electron chi connectivity index (χ4n) is 2.03. The van der Waals surface area contributed by atoms with Gasteiger partial charge in [0, 0.05) is 6.54 Å². The van der Waals surface area contributed by atoms with Gasteiger partial charge in [-0.1, -0.05) is 0 Å². The quantitative estimate of drug-likeness (QED) is 0.583. The Morgan fingerprint density at radius 2 is 2.31 bits per heavy atom. The number of aliphatic hydroxyl groups excluding tert-OH is 1. The van der Waals surface area contributed by atoms with Crippen molar-refractivity contribution in [2.24, 2.45) is 0 Å². The van der Waals surface area contributed by atoms with Crippen LogP contribution in [0.3, 0.4) is 0 Å². The first-order valence-corrected chi connectivity index (χ1v) is 4.44. The van der Waals surface area contributed by atoms with E-state index in [-0.39, 0.29) is 23.2 Å². The molecule has 0 amide bonds. The Hall–Kier alpha value is -1.50. The second kappa shape index (κ2) is 2.77. The van der Waals surface area contributed by atoms with Crippen LogP contribution in [0.25, 0.3) is 0 Å². The molecule has 1 saturated heterocycles. The molecular formula is C9H11N3O. The van der Waals surface area contributed by atoms with Crippen LogP contribution in [0.2, 0.25) is 0 Å². The lowest BCUT2D eigenvalue weighted by atomic mass is 10.0. The fourth-order valence-corrected chi connectivity index (χ4v) is 2.03. The van der Waals surface area contributed by atoms with Gasteiger partial charge in [-0.15, -0.1) is 0 Å². The van der Waals surface area contributed by atoms with Gasteiger partial charge in [0.05, 0.1) is 6.04 Å². The summed E-state index contributed by atoms with van der Waals surface area (Å²) in [6.07, 6.45) is 2.97. The molecule has 0 aromatic heterocycles. The van der Waals surface area contributed by atoms with Gasteiger partial charge in [-0.2, -0.15) is 5.26 Å². The van der Waals surface area contributed by atoms with Gasteiger partial charge in [0.1, 0.15) is 23.2 Å².